The molecule has 1 saturated carbocycles. The van der Waals surface area contributed by atoms with Gasteiger partial charge in [-0.3, -0.25) is 4.79 Å². The Morgan fingerprint density at radius 2 is 1.92 bits per heavy atom. The molecule has 0 aromatic heterocycles. The minimum Gasteiger partial charge on any atom is -0.399 e. The second kappa shape index (κ2) is 7.76. The van der Waals surface area contributed by atoms with Gasteiger partial charge in [-0.05, 0) is 50.3 Å². The van der Waals surface area contributed by atoms with Crippen LogP contribution < -0.4 is 16.4 Å². The van der Waals surface area contributed by atoms with Gasteiger partial charge in [-0.2, -0.15) is 0 Å². The number of nitrogen functional groups attached to an aromatic ring is 1. The summed E-state index contributed by atoms with van der Waals surface area (Å²) in [5.74, 6) is -0.212. The standard InChI is InChI=1S/C19H28N4O2/c1-13-8-9-15(20)11-17(13)22-18(24)14-5-4-10-23(12-14)19(25)21-16-6-2-3-7-16/h8-9,11,14,16H,2-7,10,12,20H2,1H3,(H,21,25)(H,22,24). The van der Waals surface area contributed by atoms with Crippen molar-refractivity contribution in [2.45, 2.75) is 51.5 Å². The van der Waals surface area contributed by atoms with E-state index < -0.39 is 0 Å². The Labute approximate surface area is 149 Å². The highest BCUT2D eigenvalue weighted by Gasteiger charge is 2.30. The number of piperidine rings is 1. The number of carbonyl (C=O) groups is 2. The number of nitrogens with one attached hydrogen (secondary N) is 2. The van der Waals surface area contributed by atoms with Crippen LogP contribution in [-0.4, -0.2) is 36.0 Å². The van der Waals surface area contributed by atoms with Crippen LogP contribution in [0.2, 0.25) is 0 Å². The van der Waals surface area contributed by atoms with Crippen LogP contribution in [0.1, 0.15) is 44.1 Å². The molecule has 1 aromatic rings. The third-order valence-electron chi connectivity index (χ3n) is 5.28. The number of hydrogen-bond donors (Lipinski definition) is 3. The van der Waals surface area contributed by atoms with Gasteiger partial charge in [0.25, 0.3) is 0 Å². The predicted molar refractivity (Wildman–Crippen MR) is 99.3 cm³/mol. The van der Waals surface area contributed by atoms with Gasteiger partial charge in [0.2, 0.25) is 5.91 Å². The molecule has 4 N–H and O–H groups in total. The van der Waals surface area contributed by atoms with E-state index in [0.29, 0.717) is 18.3 Å². The van der Waals surface area contributed by atoms with Crippen LogP contribution >= 0.6 is 0 Å². The summed E-state index contributed by atoms with van der Waals surface area (Å²) in [4.78, 5) is 26.9. The van der Waals surface area contributed by atoms with Crippen LogP contribution in [0.3, 0.4) is 0 Å². The molecule has 25 heavy (non-hydrogen) atoms. The Bertz CT molecular complexity index is 640. The van der Waals surface area contributed by atoms with Gasteiger partial charge in [0.05, 0.1) is 5.92 Å². The number of hydrogen-bond acceptors (Lipinski definition) is 3. The zero-order valence-corrected chi connectivity index (χ0v) is 14.9. The molecule has 1 saturated heterocycles. The second-order valence-electron chi connectivity index (χ2n) is 7.28. The van der Waals surface area contributed by atoms with Crippen LogP contribution in [0.4, 0.5) is 16.2 Å². The summed E-state index contributed by atoms with van der Waals surface area (Å²) in [5, 5.41) is 6.09. The number of urea groups is 1. The fourth-order valence-electron chi connectivity index (χ4n) is 3.72. The number of anilines is 2. The molecule has 1 unspecified atom stereocenters. The lowest BCUT2D eigenvalue weighted by molar-refractivity contribution is -0.121. The first-order chi connectivity index (χ1) is 12.0. The first-order valence-electron chi connectivity index (χ1n) is 9.25. The molecule has 6 heteroatoms. The molecule has 1 aromatic carbocycles. The van der Waals surface area contributed by atoms with E-state index in [-0.39, 0.29) is 17.9 Å². The third-order valence-corrected chi connectivity index (χ3v) is 5.28. The Hall–Kier alpha value is -2.24. The molecule has 6 nitrogen and oxygen atoms in total. The van der Waals surface area contributed by atoms with Crippen LogP contribution in [0.15, 0.2) is 18.2 Å². The minimum atomic E-state index is -0.177. The average Bonchev–Trinajstić information content (AvgIpc) is 3.11. The molecule has 0 spiro atoms. The van der Waals surface area contributed by atoms with Crippen molar-refractivity contribution in [3.05, 3.63) is 23.8 Å². The van der Waals surface area contributed by atoms with E-state index in [4.69, 9.17) is 5.73 Å². The molecule has 3 rings (SSSR count). The van der Waals surface area contributed by atoms with E-state index in [1.54, 1.807) is 11.0 Å². The number of benzene rings is 1. The fourth-order valence-corrected chi connectivity index (χ4v) is 3.72. The predicted octanol–water partition coefficient (Wildman–Crippen LogP) is 2.88. The molecule has 2 aliphatic rings. The number of amides is 3. The van der Waals surface area contributed by atoms with E-state index in [9.17, 15) is 9.59 Å². The molecule has 1 atom stereocenters. The summed E-state index contributed by atoms with van der Waals surface area (Å²) in [5.41, 5.74) is 8.16. The van der Waals surface area contributed by atoms with Crippen molar-refractivity contribution in [2.24, 2.45) is 5.92 Å². The van der Waals surface area contributed by atoms with Crippen LogP contribution in [0.25, 0.3) is 0 Å². The summed E-state index contributed by atoms with van der Waals surface area (Å²) in [7, 11) is 0. The van der Waals surface area contributed by atoms with Crippen molar-refractivity contribution in [3.63, 3.8) is 0 Å². The van der Waals surface area contributed by atoms with Crippen molar-refractivity contribution in [3.8, 4) is 0 Å². The second-order valence-corrected chi connectivity index (χ2v) is 7.28. The molecular weight excluding hydrogens is 316 g/mol. The van der Waals surface area contributed by atoms with Gasteiger partial charge in [-0.15, -0.1) is 0 Å². The number of nitrogens with two attached hydrogens (primary N) is 1. The van der Waals surface area contributed by atoms with E-state index in [2.05, 4.69) is 10.6 Å². The molecule has 0 radical (unpaired) electrons. The van der Waals surface area contributed by atoms with Gasteiger partial charge >= 0.3 is 6.03 Å². The Kier molecular flexibility index (Phi) is 5.46. The zero-order valence-electron chi connectivity index (χ0n) is 14.9. The maximum absolute atomic E-state index is 12.6. The molecule has 1 aliphatic heterocycles. The summed E-state index contributed by atoms with van der Waals surface area (Å²) >= 11 is 0. The minimum absolute atomic E-state index is 0.0236. The molecule has 2 fully saturated rings. The molecular formula is C19H28N4O2. The lowest BCUT2D eigenvalue weighted by Gasteiger charge is -2.33. The Morgan fingerprint density at radius 1 is 1.16 bits per heavy atom. The maximum Gasteiger partial charge on any atom is 0.317 e. The SMILES string of the molecule is Cc1ccc(N)cc1NC(=O)C1CCCN(C(=O)NC2CCCC2)C1. The quantitative estimate of drug-likeness (QED) is 0.737. The van der Waals surface area contributed by atoms with Crippen molar-refractivity contribution >= 4 is 23.3 Å². The van der Waals surface area contributed by atoms with Crippen molar-refractivity contribution in [1.29, 1.82) is 0 Å². The molecule has 1 heterocycles. The van der Waals surface area contributed by atoms with Gasteiger partial charge in [-0.1, -0.05) is 18.9 Å². The van der Waals surface area contributed by atoms with Crippen molar-refractivity contribution in [1.82, 2.24) is 10.2 Å². The molecule has 0 bridgehead atoms. The number of carbonyl (C=O) groups excluding carboxylic acids is 2. The Balaban J connectivity index is 1.57. The van der Waals surface area contributed by atoms with Gasteiger partial charge in [0.1, 0.15) is 0 Å². The molecule has 1 aliphatic carbocycles. The summed E-state index contributed by atoms with van der Waals surface area (Å²) in [6, 6.07) is 5.77. The highest BCUT2D eigenvalue weighted by Crippen LogP contribution is 2.23. The van der Waals surface area contributed by atoms with Gasteiger partial charge in [-0.25, -0.2) is 4.79 Å². The number of aryl methyl sites for hydroxylation is 1. The lowest BCUT2D eigenvalue weighted by atomic mass is 9.97. The highest BCUT2D eigenvalue weighted by molar-refractivity contribution is 5.94. The summed E-state index contributed by atoms with van der Waals surface area (Å²) < 4.78 is 0. The zero-order chi connectivity index (χ0) is 17.8. The maximum atomic E-state index is 12.6. The van der Waals surface area contributed by atoms with Gasteiger partial charge in [0, 0.05) is 30.5 Å². The van der Waals surface area contributed by atoms with Crippen molar-refractivity contribution in [2.75, 3.05) is 24.1 Å². The monoisotopic (exact) mass is 344 g/mol. The highest BCUT2D eigenvalue weighted by atomic mass is 16.2. The first kappa shape index (κ1) is 17.6. The summed E-state index contributed by atoms with van der Waals surface area (Å²) in [6.45, 7) is 3.14. The van der Waals surface area contributed by atoms with E-state index in [1.807, 2.05) is 19.1 Å². The molecule has 136 valence electrons. The van der Waals surface area contributed by atoms with E-state index in [1.165, 1.54) is 12.8 Å². The van der Waals surface area contributed by atoms with Gasteiger partial charge < -0.3 is 21.3 Å². The van der Waals surface area contributed by atoms with Crippen LogP contribution in [-0.2, 0) is 4.79 Å². The number of nitrogens with zero attached hydrogens (tertiary/aromatic N) is 1. The topological polar surface area (TPSA) is 87.5 Å². The van der Waals surface area contributed by atoms with Crippen molar-refractivity contribution < 1.29 is 9.59 Å². The number of likely N-dealkylation sites (tertiary alicyclic amines) is 1. The smallest absolute Gasteiger partial charge is 0.317 e. The Morgan fingerprint density at radius 3 is 2.68 bits per heavy atom. The average molecular weight is 344 g/mol. The van der Waals surface area contributed by atoms with E-state index >= 15 is 0 Å². The summed E-state index contributed by atoms with van der Waals surface area (Å²) in [6.07, 6.45) is 6.17. The molecule has 3 amide bonds. The van der Waals surface area contributed by atoms with Gasteiger partial charge in [0.15, 0.2) is 0 Å². The van der Waals surface area contributed by atoms with Crippen LogP contribution in [0.5, 0.6) is 0 Å². The fraction of sp³-hybridized carbons (Fsp3) is 0.579. The first-order valence-corrected chi connectivity index (χ1v) is 9.25. The lowest BCUT2D eigenvalue weighted by Crippen LogP contribution is -2.49. The number of rotatable bonds is 3. The van der Waals surface area contributed by atoms with E-state index in [0.717, 1.165) is 43.5 Å². The normalized spacial score (nSPS) is 21.2. The van der Waals surface area contributed by atoms with Crippen LogP contribution in [0, 0.1) is 12.8 Å². The third kappa shape index (κ3) is 4.44. The largest absolute Gasteiger partial charge is 0.399 e.